The van der Waals surface area contributed by atoms with Gasteiger partial charge in [0.1, 0.15) is 18.8 Å². The number of carboxylic acids is 1. The van der Waals surface area contributed by atoms with Gasteiger partial charge in [-0.1, -0.05) is 166 Å². The Labute approximate surface area is 714 Å². The molecule has 120 heavy (non-hydrogen) atoms. The van der Waals surface area contributed by atoms with Gasteiger partial charge in [0, 0.05) is 25.7 Å². The normalized spacial score (nSPS) is 38.5. The number of fused-ring (bicyclic) bond motifs is 10. The summed E-state index contributed by atoms with van der Waals surface area (Å²) < 4.78 is 74.3. The van der Waals surface area contributed by atoms with Crippen molar-refractivity contribution in [1.29, 1.82) is 0 Å². The summed E-state index contributed by atoms with van der Waals surface area (Å²) >= 11 is 0. The van der Waals surface area contributed by atoms with Crippen LogP contribution in [0.1, 0.15) is 252 Å². The van der Waals surface area contributed by atoms with Crippen LogP contribution in [0.15, 0.2) is 181 Å². The first-order valence-electron chi connectivity index (χ1n) is 44.4. The molecule has 0 saturated carbocycles. The van der Waals surface area contributed by atoms with E-state index < -0.39 is 64.0 Å². The quantitative estimate of drug-likeness (QED) is 0.0335. The maximum absolute atomic E-state index is 12.7. The Morgan fingerprint density at radius 3 is 1.28 bits per heavy atom. The lowest BCUT2D eigenvalue weighted by Crippen LogP contribution is -2.59. The van der Waals surface area contributed by atoms with Crippen LogP contribution in [-0.4, -0.2) is 199 Å². The highest BCUT2D eigenvalue weighted by atomic mass is 16.6. The van der Waals surface area contributed by atoms with Crippen molar-refractivity contribution in [3.8, 4) is 0 Å². The van der Waals surface area contributed by atoms with E-state index in [9.17, 15) is 35.1 Å². The molecule has 6 N–H and O–H groups in total. The molecular formula is C101H142O19. The number of benzene rings is 4. The molecule has 4 aromatic rings. The number of aliphatic hydroxyl groups is 5. The fraction of sp³-hybridized carbons (Fsp3) is 0.624. The van der Waals surface area contributed by atoms with E-state index in [2.05, 4.69) is 92.9 Å². The highest BCUT2D eigenvalue weighted by Gasteiger charge is 2.61. The number of aromatic carboxylic acids is 1. The Bertz CT molecular complexity index is 4290. The summed E-state index contributed by atoms with van der Waals surface area (Å²) in [6.07, 6.45) is 31.0. The topological polar surface area (TPSA) is 257 Å². The second-order valence-electron chi connectivity index (χ2n) is 37.4. The molecule has 26 unspecified atom stereocenters. The number of aliphatic hydroxyl groups excluding tert-OH is 3. The number of hydrogen-bond donors (Lipinski definition) is 6. The summed E-state index contributed by atoms with van der Waals surface area (Å²) in [6, 6.07) is 26.4. The fourth-order valence-corrected chi connectivity index (χ4v) is 20.2. The molecule has 0 radical (unpaired) electrons. The van der Waals surface area contributed by atoms with E-state index in [1.54, 1.807) is 24.3 Å². The van der Waals surface area contributed by atoms with Gasteiger partial charge in [-0.15, -0.1) is 0 Å². The van der Waals surface area contributed by atoms with Gasteiger partial charge in [0.2, 0.25) is 0 Å². The molecule has 10 aliphatic heterocycles. The van der Waals surface area contributed by atoms with Gasteiger partial charge in [0.25, 0.3) is 0 Å². The number of allylic oxidation sites excluding steroid dienone is 12. The molecule has 0 aliphatic carbocycles. The van der Waals surface area contributed by atoms with Gasteiger partial charge in [0.05, 0.1) is 149 Å². The van der Waals surface area contributed by atoms with Crippen molar-refractivity contribution in [2.45, 2.75) is 375 Å². The Balaban J connectivity index is 0.000000205. The summed E-state index contributed by atoms with van der Waals surface area (Å²) in [7, 11) is 0. The fourth-order valence-electron chi connectivity index (χ4n) is 20.2. The molecule has 10 saturated heterocycles. The van der Waals surface area contributed by atoms with Crippen LogP contribution in [-0.2, 0) is 52.1 Å². The number of hydrogen-bond acceptors (Lipinski definition) is 18. The lowest BCUT2D eigenvalue weighted by molar-refractivity contribution is -0.273. The van der Waals surface area contributed by atoms with E-state index in [4.69, 9.17) is 57.2 Å². The Morgan fingerprint density at radius 1 is 0.467 bits per heavy atom. The van der Waals surface area contributed by atoms with Gasteiger partial charge in [-0.2, -0.15) is 0 Å². The van der Waals surface area contributed by atoms with E-state index in [0.717, 1.165) is 135 Å². The smallest absolute Gasteiger partial charge is 0.338 e. The highest BCUT2D eigenvalue weighted by Crippen LogP contribution is 2.52. The molecule has 0 amide bonds. The maximum Gasteiger partial charge on any atom is 0.338 e. The molecule has 660 valence electrons. The predicted octanol–water partition coefficient (Wildman–Crippen LogP) is 18.7. The van der Waals surface area contributed by atoms with Crippen LogP contribution in [0.4, 0.5) is 0 Å². The van der Waals surface area contributed by atoms with Crippen molar-refractivity contribution in [1.82, 2.24) is 0 Å². The summed E-state index contributed by atoms with van der Waals surface area (Å²) in [5.41, 5.74) is 1.05. The van der Waals surface area contributed by atoms with Crippen LogP contribution in [0.25, 0.3) is 21.5 Å². The van der Waals surface area contributed by atoms with Gasteiger partial charge in [0.15, 0.2) is 0 Å². The minimum absolute atomic E-state index is 0. The summed E-state index contributed by atoms with van der Waals surface area (Å²) in [5.74, 6) is -0.637. The summed E-state index contributed by atoms with van der Waals surface area (Å²) in [4.78, 5) is 23.4. The van der Waals surface area contributed by atoms with Crippen molar-refractivity contribution >= 4 is 33.5 Å². The van der Waals surface area contributed by atoms with Crippen molar-refractivity contribution < 1.29 is 92.3 Å². The average Bonchev–Trinajstić information content (AvgIpc) is 1.60. The van der Waals surface area contributed by atoms with Gasteiger partial charge < -0.3 is 82.7 Å². The molecule has 10 fully saturated rings. The molecule has 10 aliphatic rings. The zero-order valence-corrected chi connectivity index (χ0v) is 72.8. The maximum atomic E-state index is 12.7. The molecule has 19 nitrogen and oxygen atoms in total. The molecule has 4 aromatic carbocycles. The number of carbonyl (C=O) groups excluding carboxylic acids is 1. The largest absolute Gasteiger partial charge is 0.478 e. The van der Waals surface area contributed by atoms with E-state index in [1.807, 2.05) is 125 Å². The van der Waals surface area contributed by atoms with Crippen LogP contribution in [0.2, 0.25) is 0 Å². The van der Waals surface area contributed by atoms with Crippen molar-refractivity contribution in [2.24, 2.45) is 11.8 Å². The Kier molecular flexibility index (Phi) is 32.4. The van der Waals surface area contributed by atoms with Crippen molar-refractivity contribution in [2.75, 3.05) is 13.2 Å². The first kappa shape index (κ1) is 94.3. The number of carbonyl (C=O) groups is 2. The lowest BCUT2D eigenvalue weighted by atomic mass is 9.79. The molecule has 10 heterocycles. The highest BCUT2D eigenvalue weighted by molar-refractivity contribution is 5.96. The first-order chi connectivity index (χ1) is 56.7. The minimum atomic E-state index is -0.938. The zero-order valence-electron chi connectivity index (χ0n) is 72.8. The third-order valence-electron chi connectivity index (χ3n) is 28.2. The molecule has 26 atom stereocenters. The minimum Gasteiger partial charge on any atom is -0.478 e. The lowest BCUT2D eigenvalue weighted by Gasteiger charge is -2.49. The third-order valence-corrected chi connectivity index (χ3v) is 28.2. The average molecular weight is 1660 g/mol. The Morgan fingerprint density at radius 2 is 0.850 bits per heavy atom. The second-order valence-corrected chi connectivity index (χ2v) is 37.4. The summed E-state index contributed by atoms with van der Waals surface area (Å²) in [5, 5.41) is 68.4. The van der Waals surface area contributed by atoms with Crippen LogP contribution >= 0.6 is 0 Å². The van der Waals surface area contributed by atoms with Crippen LogP contribution in [0, 0.1) is 11.8 Å². The van der Waals surface area contributed by atoms with Crippen LogP contribution < -0.4 is 0 Å². The standard InChI is InChI=1S/C50H68O9.C39H62O8.C11H8O2.CH4/c1-8-9-10-11-19-43-48(5,53)25-22-40-41(55-43)23-26-49(6)45(56-40)30-42-46(59-49)38(51)31-50(7)44(57-42)28-34(4)39(58-50)18-14-15-32(2)33(3)24-27-54-47(52)37-21-20-35-16-12-13-17-36(35)29-37;1-8-9-10-11-15-33-37(5,42)19-16-30-31(43-33)17-20-38(6)35(44-30)23-32-36(47-38)28(41)24-39(7)34(45-32)22-27(4)29(46-39)14-12-13-25(2)26(3)18-21-40;12-11(13)10-6-5-8-3-1-2-4-9(8)7-10;/h8-10,12-13,15-17,20-21,24,29,34,38-46,51,53H,1,11,14,18-19,22-23,25-28,30-31H2,2-7H3;8-10,13,18,27-36,40-42H,1,11-12,14-17,19-24H2,2-7H3;1-7H,(H,12,13);1H4/b10-9-,32-15+,33-24+;10-9-,25-13+,26-18+;;. The van der Waals surface area contributed by atoms with Crippen molar-refractivity contribution in [3.63, 3.8) is 0 Å². The van der Waals surface area contributed by atoms with Crippen molar-refractivity contribution in [3.05, 3.63) is 192 Å². The van der Waals surface area contributed by atoms with E-state index >= 15 is 0 Å². The summed E-state index contributed by atoms with van der Waals surface area (Å²) in [6.45, 7) is 32.7. The van der Waals surface area contributed by atoms with Gasteiger partial charge in [-0.05, 0) is 254 Å². The van der Waals surface area contributed by atoms with E-state index in [0.29, 0.717) is 62.0 Å². The number of rotatable bonds is 21. The van der Waals surface area contributed by atoms with Gasteiger partial charge in [-0.3, -0.25) is 0 Å². The number of ether oxygens (including phenoxy) is 11. The molecular weight excluding hydrogens is 1520 g/mol. The van der Waals surface area contributed by atoms with Gasteiger partial charge in [-0.25, -0.2) is 9.59 Å². The number of esters is 1. The monoisotopic (exact) mass is 1660 g/mol. The van der Waals surface area contributed by atoms with Crippen LogP contribution in [0.3, 0.4) is 0 Å². The zero-order chi connectivity index (χ0) is 85.2. The van der Waals surface area contributed by atoms with E-state index in [1.165, 1.54) is 5.57 Å². The van der Waals surface area contributed by atoms with Gasteiger partial charge >= 0.3 is 11.9 Å². The third kappa shape index (κ3) is 22.8. The Hall–Kier alpha value is -6.34. The van der Waals surface area contributed by atoms with E-state index in [-0.39, 0.29) is 118 Å². The SMILES string of the molecule is C.C=C/C=C\CCC1OC2CCC3(C)OC4C(O)CC5(C)OC(CC/C=C(C)/C(C)=C/CO)C(C)CC5OC4CC3OC2CCC1(C)O.C=C/C=C\CCC1OC2CCC3(C)OC4C(O)CC5(C)OC(CC/C=C(C)/C(C)=C/COC(=O)c6ccc7ccccc7c6)C(C)CC5OC4CC3OC2CCC1(C)O.O=C(O)c1ccc2ccccc2c1. The van der Waals surface area contributed by atoms with Crippen LogP contribution in [0.5, 0.6) is 0 Å². The predicted molar refractivity (Wildman–Crippen MR) is 471 cm³/mol. The first-order valence-corrected chi connectivity index (χ1v) is 44.4. The molecule has 0 bridgehead atoms. The number of carboxylic acid groups (broad SMARTS) is 1. The molecule has 19 heteroatoms. The molecule has 0 spiro atoms. The second kappa shape index (κ2) is 41.2. The molecule has 14 rings (SSSR count). The molecule has 0 aromatic heterocycles.